The van der Waals surface area contributed by atoms with Crippen molar-refractivity contribution in [3.8, 4) is 0 Å². The molecular weight excluding hydrogens is 681 g/mol. The number of rotatable bonds is 11. The summed E-state index contributed by atoms with van der Waals surface area (Å²) in [5, 5.41) is 23.3. The number of aromatic nitrogens is 1. The van der Waals surface area contributed by atoms with Crippen molar-refractivity contribution in [2.45, 2.75) is 56.0 Å². The minimum absolute atomic E-state index is 0. The zero-order valence-corrected chi connectivity index (χ0v) is 29.3. The summed E-state index contributed by atoms with van der Waals surface area (Å²) in [5.74, 6) is -1.34. The van der Waals surface area contributed by atoms with E-state index in [4.69, 9.17) is 0 Å². The van der Waals surface area contributed by atoms with Gasteiger partial charge in [-0.25, -0.2) is 0 Å². The first-order valence-electron chi connectivity index (χ1n) is 15.3. The lowest BCUT2D eigenvalue weighted by Crippen LogP contribution is -2.50. The Bertz CT molecular complexity index is 1530. The molecule has 0 saturated carbocycles. The van der Waals surface area contributed by atoms with Crippen molar-refractivity contribution >= 4 is 77.4 Å². The number of nitrogens with zero attached hydrogens (tertiary/aromatic N) is 3. The van der Waals surface area contributed by atoms with E-state index in [1.807, 2.05) is 74.8 Å². The third-order valence-electron chi connectivity index (χ3n) is 8.20. The molecule has 5 N–H and O–H groups in total. The number of anilines is 1. The van der Waals surface area contributed by atoms with Gasteiger partial charge in [0, 0.05) is 30.6 Å². The van der Waals surface area contributed by atoms with Crippen LogP contribution < -0.4 is 21.3 Å². The highest BCUT2D eigenvalue weighted by atomic mass is 35.5. The van der Waals surface area contributed by atoms with Gasteiger partial charge in [0.05, 0.1) is 30.0 Å². The van der Waals surface area contributed by atoms with E-state index < -0.39 is 36.0 Å². The Balaban J connectivity index is 0.00000267. The van der Waals surface area contributed by atoms with E-state index in [-0.39, 0.29) is 81.0 Å². The molecule has 0 radical (unpaired) electrons. The number of hydrogen-bond donors (Lipinski definition) is 5. The molecule has 2 aromatic carbocycles. The van der Waals surface area contributed by atoms with E-state index in [2.05, 4.69) is 26.3 Å². The first-order valence-corrected chi connectivity index (χ1v) is 15.3. The molecule has 0 aliphatic carbocycles. The van der Waals surface area contributed by atoms with Gasteiger partial charge in [-0.05, 0) is 57.5 Å². The van der Waals surface area contributed by atoms with Crippen LogP contribution in [0.4, 0.5) is 5.69 Å². The monoisotopic (exact) mass is 723 g/mol. The van der Waals surface area contributed by atoms with Crippen molar-refractivity contribution in [2.24, 2.45) is 0 Å². The number of hydrogen-bond acceptors (Lipinski definition) is 8. The molecular formula is C33H44Cl3N7O5. The molecule has 0 spiro atoms. The van der Waals surface area contributed by atoms with E-state index in [0.717, 1.165) is 16.5 Å². The molecule has 0 bridgehead atoms. The van der Waals surface area contributed by atoms with Crippen LogP contribution in [0, 0.1) is 0 Å². The zero-order chi connectivity index (χ0) is 31.9. The second kappa shape index (κ2) is 18.9. The maximum atomic E-state index is 13.8. The fourth-order valence-electron chi connectivity index (χ4n) is 5.97. The number of fused-ring (bicyclic) bond motifs is 1. The summed E-state index contributed by atoms with van der Waals surface area (Å²) in [7, 11) is 3.62. The number of benzene rings is 2. The molecule has 15 heteroatoms. The van der Waals surface area contributed by atoms with Crippen LogP contribution >= 0.6 is 37.2 Å². The van der Waals surface area contributed by atoms with Gasteiger partial charge in [0.1, 0.15) is 12.1 Å². The number of likely N-dealkylation sites (tertiary alicyclic amines) is 1. The first kappa shape index (κ1) is 40.7. The Kier molecular flexibility index (Phi) is 16.0. The Labute approximate surface area is 299 Å². The number of aryl methyl sites for hydroxylation is 1. The van der Waals surface area contributed by atoms with Crippen LogP contribution in [-0.4, -0.2) is 108 Å². The minimum Gasteiger partial charge on any atom is -0.383 e. The molecule has 2 fully saturated rings. The molecule has 5 rings (SSSR count). The molecule has 2 aliphatic heterocycles. The highest BCUT2D eigenvalue weighted by Crippen LogP contribution is 2.24. The fourth-order valence-corrected chi connectivity index (χ4v) is 5.97. The van der Waals surface area contributed by atoms with Gasteiger partial charge in [0.25, 0.3) is 0 Å². The summed E-state index contributed by atoms with van der Waals surface area (Å²) in [6.07, 6.45) is 1.70. The lowest BCUT2D eigenvalue weighted by molar-refractivity contribution is -0.138. The number of amides is 4. The number of aliphatic hydroxyl groups excluding tert-OH is 1. The van der Waals surface area contributed by atoms with Crippen molar-refractivity contribution in [2.75, 3.05) is 39.0 Å². The number of halogens is 3. The number of para-hydroxylation sites is 1. The van der Waals surface area contributed by atoms with Crippen molar-refractivity contribution in [1.29, 1.82) is 0 Å². The topological polar surface area (TPSA) is 156 Å². The largest absolute Gasteiger partial charge is 0.383 e. The second-order valence-corrected chi connectivity index (χ2v) is 12.1. The lowest BCUT2D eigenvalue weighted by Gasteiger charge is -2.26. The SMILES string of the molecule is CN(C)CC(=O)N[C@H]1CN[C@H](C(=O)N2C[C@H](NC(=O)[C@H](O)CCc3ccccc3)C[C@H]2C(=O)Nc2cnc3ccccc3c2)C1.Cl.Cl.Cl. The van der Waals surface area contributed by atoms with Crippen molar-refractivity contribution in [3.63, 3.8) is 0 Å². The average molecular weight is 725 g/mol. The number of nitrogens with one attached hydrogen (secondary N) is 4. The number of carbonyl (C=O) groups excluding carboxylic acids is 4. The average Bonchev–Trinajstić information content (AvgIpc) is 3.67. The summed E-state index contributed by atoms with van der Waals surface area (Å²) < 4.78 is 0. The van der Waals surface area contributed by atoms with Crippen LogP contribution in [0.5, 0.6) is 0 Å². The summed E-state index contributed by atoms with van der Waals surface area (Å²) in [6.45, 7) is 0.780. The smallest absolute Gasteiger partial charge is 0.249 e. The maximum absolute atomic E-state index is 13.8. The van der Waals surface area contributed by atoms with E-state index in [0.29, 0.717) is 25.1 Å². The van der Waals surface area contributed by atoms with Gasteiger partial charge in [-0.2, -0.15) is 0 Å². The summed E-state index contributed by atoms with van der Waals surface area (Å²) in [5.41, 5.74) is 2.31. The molecule has 4 amide bonds. The van der Waals surface area contributed by atoms with Crippen LogP contribution in [0.15, 0.2) is 66.9 Å². The molecule has 2 aliphatic rings. The molecule has 12 nitrogen and oxygen atoms in total. The summed E-state index contributed by atoms with van der Waals surface area (Å²) in [6, 6.07) is 16.8. The number of likely N-dealkylation sites (N-methyl/N-ethyl adjacent to an activating group) is 1. The maximum Gasteiger partial charge on any atom is 0.249 e. The number of pyridine rings is 1. The normalized spacial score (nSPS) is 20.5. The molecule has 0 unspecified atom stereocenters. The second-order valence-electron chi connectivity index (χ2n) is 12.1. The minimum atomic E-state index is -1.23. The van der Waals surface area contributed by atoms with Crippen LogP contribution in [0.1, 0.15) is 24.8 Å². The Morgan fingerprint density at radius 2 is 1.69 bits per heavy atom. The molecule has 262 valence electrons. The highest BCUT2D eigenvalue weighted by Gasteiger charge is 2.44. The highest BCUT2D eigenvalue weighted by molar-refractivity contribution is 5.99. The standard InChI is InChI=1S/C33H41N7O5.3ClH/c1-39(2)20-30(42)36-24-15-27(35-18-24)33(45)40-19-25(38-32(44)29(41)13-12-21-8-4-3-5-9-21)16-28(40)31(43)37-23-14-22-10-6-7-11-26(22)34-17-23;;;/h3-11,14,17,24-25,27-29,35,41H,12-13,15-16,18-20H2,1-2H3,(H,36,42)(H,37,43)(H,38,44);3*1H/t24-,25-,27+,28+,29-;;;/m1.../s1. The van der Waals surface area contributed by atoms with Crippen LogP contribution in [0.25, 0.3) is 10.9 Å². The lowest BCUT2D eigenvalue weighted by atomic mass is 10.1. The number of carbonyl (C=O) groups is 4. The fraction of sp³-hybridized carbons (Fsp3) is 0.424. The van der Waals surface area contributed by atoms with Gasteiger partial charge in [-0.1, -0.05) is 48.5 Å². The van der Waals surface area contributed by atoms with Crippen LogP contribution in [0.3, 0.4) is 0 Å². The van der Waals surface area contributed by atoms with Gasteiger partial charge in [0.15, 0.2) is 0 Å². The Hall–Kier alpha value is -3.52. The third-order valence-corrected chi connectivity index (χ3v) is 8.20. The first-order chi connectivity index (χ1) is 21.7. The van der Waals surface area contributed by atoms with Crippen LogP contribution in [-0.2, 0) is 25.6 Å². The summed E-state index contributed by atoms with van der Waals surface area (Å²) >= 11 is 0. The van der Waals surface area contributed by atoms with E-state index in [1.165, 1.54) is 4.90 Å². The van der Waals surface area contributed by atoms with Gasteiger partial charge < -0.3 is 36.2 Å². The van der Waals surface area contributed by atoms with E-state index in [1.54, 1.807) is 11.1 Å². The quantitative estimate of drug-likeness (QED) is 0.201. The number of aliphatic hydroxyl groups is 1. The van der Waals surface area contributed by atoms with Crippen molar-refractivity contribution < 1.29 is 24.3 Å². The van der Waals surface area contributed by atoms with Crippen molar-refractivity contribution in [1.82, 2.24) is 30.7 Å². The Morgan fingerprint density at radius 3 is 2.42 bits per heavy atom. The molecule has 5 atom stereocenters. The Morgan fingerprint density at radius 1 is 0.979 bits per heavy atom. The molecule has 3 heterocycles. The van der Waals surface area contributed by atoms with Crippen LogP contribution in [0.2, 0.25) is 0 Å². The zero-order valence-electron chi connectivity index (χ0n) is 26.8. The summed E-state index contributed by atoms with van der Waals surface area (Å²) in [4.78, 5) is 60.3. The molecule has 2 saturated heterocycles. The molecule has 1 aromatic heterocycles. The molecule has 3 aromatic rings. The van der Waals surface area contributed by atoms with E-state index >= 15 is 0 Å². The van der Waals surface area contributed by atoms with Crippen molar-refractivity contribution in [3.05, 3.63) is 72.4 Å². The van der Waals surface area contributed by atoms with Gasteiger partial charge in [-0.15, -0.1) is 37.2 Å². The third kappa shape index (κ3) is 10.7. The van der Waals surface area contributed by atoms with E-state index in [9.17, 15) is 24.3 Å². The van der Waals surface area contributed by atoms with Gasteiger partial charge in [0.2, 0.25) is 23.6 Å². The van der Waals surface area contributed by atoms with Gasteiger partial charge in [-0.3, -0.25) is 24.2 Å². The molecule has 48 heavy (non-hydrogen) atoms. The van der Waals surface area contributed by atoms with Gasteiger partial charge >= 0.3 is 0 Å². The predicted molar refractivity (Wildman–Crippen MR) is 192 cm³/mol. The predicted octanol–water partition coefficient (Wildman–Crippen LogP) is 1.93.